The first-order chi connectivity index (χ1) is 8.66. The van der Waals surface area contributed by atoms with E-state index in [0.29, 0.717) is 11.3 Å². The molecule has 0 N–H and O–H groups in total. The van der Waals surface area contributed by atoms with E-state index >= 15 is 0 Å². The van der Waals surface area contributed by atoms with E-state index in [1.54, 1.807) is 28.3 Å². The van der Waals surface area contributed by atoms with E-state index in [1.807, 2.05) is 31.5 Å². The number of pyridine rings is 1. The van der Waals surface area contributed by atoms with Crippen LogP contribution in [0.15, 0.2) is 29.9 Å². The maximum atomic E-state index is 12.3. The molecular formula is C13H11N3OS. The third-order valence-electron chi connectivity index (χ3n) is 3.02. The second-order valence-corrected chi connectivity index (χ2v) is 5.05. The summed E-state index contributed by atoms with van der Waals surface area (Å²) in [6.07, 6.45) is 3.23. The Morgan fingerprint density at radius 1 is 1.33 bits per heavy atom. The van der Waals surface area contributed by atoms with E-state index in [9.17, 15) is 4.79 Å². The number of thiophene rings is 1. The molecule has 0 spiro atoms. The molecule has 90 valence electrons. The highest BCUT2D eigenvalue weighted by atomic mass is 32.1. The van der Waals surface area contributed by atoms with Gasteiger partial charge in [-0.3, -0.25) is 9.78 Å². The fourth-order valence-electron chi connectivity index (χ4n) is 1.83. The van der Waals surface area contributed by atoms with Crippen molar-refractivity contribution in [1.82, 2.24) is 14.5 Å². The number of rotatable bonds is 2. The first-order valence-electron chi connectivity index (χ1n) is 5.53. The molecule has 4 nitrogen and oxygen atoms in total. The largest absolute Gasteiger partial charge is 0.329 e. The quantitative estimate of drug-likeness (QED) is 0.663. The summed E-state index contributed by atoms with van der Waals surface area (Å²) in [5.41, 5.74) is 2.12. The second-order valence-electron chi connectivity index (χ2n) is 4.11. The highest BCUT2D eigenvalue weighted by Gasteiger charge is 2.15. The zero-order valence-corrected chi connectivity index (χ0v) is 10.9. The summed E-state index contributed by atoms with van der Waals surface area (Å²) in [7, 11) is 1.84. The molecule has 0 aromatic carbocycles. The molecule has 3 rings (SSSR count). The Morgan fingerprint density at radius 3 is 2.89 bits per heavy atom. The van der Waals surface area contributed by atoms with Gasteiger partial charge in [-0.2, -0.15) is 0 Å². The monoisotopic (exact) mass is 257 g/mol. The number of fused-ring (bicyclic) bond motifs is 1. The molecule has 0 radical (unpaired) electrons. The number of hydrogen-bond acceptors (Lipinski definition) is 4. The Hall–Kier alpha value is -2.01. The predicted molar refractivity (Wildman–Crippen MR) is 71.0 cm³/mol. The van der Waals surface area contributed by atoms with Crippen molar-refractivity contribution in [3.8, 4) is 0 Å². The van der Waals surface area contributed by atoms with Crippen LogP contribution in [0, 0.1) is 6.92 Å². The smallest absolute Gasteiger partial charge is 0.212 e. The minimum atomic E-state index is -0.0408. The van der Waals surface area contributed by atoms with E-state index in [2.05, 4.69) is 9.97 Å². The average Bonchev–Trinajstić information content (AvgIpc) is 2.96. The summed E-state index contributed by atoms with van der Waals surface area (Å²) < 4.78 is 2.82. The summed E-state index contributed by atoms with van der Waals surface area (Å²) in [4.78, 5) is 20.8. The van der Waals surface area contributed by atoms with Crippen LogP contribution in [0.2, 0.25) is 0 Å². The van der Waals surface area contributed by atoms with Crippen molar-refractivity contribution in [2.75, 3.05) is 0 Å². The van der Waals surface area contributed by atoms with Gasteiger partial charge >= 0.3 is 0 Å². The zero-order chi connectivity index (χ0) is 12.7. The van der Waals surface area contributed by atoms with E-state index < -0.39 is 0 Å². The summed E-state index contributed by atoms with van der Waals surface area (Å²) in [6, 6.07) is 3.83. The van der Waals surface area contributed by atoms with Gasteiger partial charge in [-0.25, -0.2) is 4.98 Å². The van der Waals surface area contributed by atoms with Crippen LogP contribution in [-0.4, -0.2) is 20.3 Å². The molecule has 0 atom stereocenters. The average molecular weight is 257 g/mol. The summed E-state index contributed by atoms with van der Waals surface area (Å²) in [5.74, 6) is 0.782. The number of carbonyl (C=O) groups excluding carboxylic acids is 1. The van der Waals surface area contributed by atoms with Crippen LogP contribution in [0.5, 0.6) is 0 Å². The van der Waals surface area contributed by atoms with Gasteiger partial charge in [-0.05, 0) is 24.4 Å². The number of carbonyl (C=O) groups is 1. The first kappa shape index (κ1) is 11.1. The molecule has 0 fully saturated rings. The van der Waals surface area contributed by atoms with Crippen molar-refractivity contribution in [3.63, 3.8) is 0 Å². The Bertz CT molecular complexity index is 742. The molecule has 0 aliphatic heterocycles. The number of nitrogens with zero attached hydrogens (tertiary/aromatic N) is 3. The lowest BCUT2D eigenvalue weighted by molar-refractivity contribution is 0.103. The second kappa shape index (κ2) is 4.03. The number of ketones is 1. The van der Waals surface area contributed by atoms with Crippen LogP contribution < -0.4 is 0 Å². The van der Waals surface area contributed by atoms with Gasteiger partial charge in [-0.1, -0.05) is 0 Å². The minimum absolute atomic E-state index is 0.0408. The van der Waals surface area contributed by atoms with Gasteiger partial charge in [0.05, 0.1) is 16.4 Å². The summed E-state index contributed by atoms with van der Waals surface area (Å²) >= 11 is 1.59. The fourth-order valence-corrected chi connectivity index (χ4v) is 2.61. The zero-order valence-electron chi connectivity index (χ0n) is 10.0. The number of imidazole rings is 1. The molecule has 5 heteroatoms. The van der Waals surface area contributed by atoms with Crippen LogP contribution >= 0.6 is 11.3 Å². The van der Waals surface area contributed by atoms with E-state index in [1.165, 1.54) is 0 Å². The SMILES string of the molecule is Cc1ncc(C(=O)c2cnc3ccsc3c2)n1C. The molecule has 0 unspecified atom stereocenters. The number of aromatic nitrogens is 3. The predicted octanol–water partition coefficient (Wildman–Crippen LogP) is 2.57. The Morgan fingerprint density at radius 2 is 2.17 bits per heavy atom. The van der Waals surface area contributed by atoms with Crippen molar-refractivity contribution < 1.29 is 4.79 Å². The maximum absolute atomic E-state index is 12.3. The highest BCUT2D eigenvalue weighted by molar-refractivity contribution is 7.17. The molecule has 0 aliphatic rings. The Kier molecular flexibility index (Phi) is 2.48. The third kappa shape index (κ3) is 1.64. The van der Waals surface area contributed by atoms with Gasteiger partial charge in [0.1, 0.15) is 11.5 Å². The molecule has 3 aromatic rings. The maximum Gasteiger partial charge on any atom is 0.212 e. The normalized spacial score (nSPS) is 11.0. The lowest BCUT2D eigenvalue weighted by Crippen LogP contribution is -2.08. The first-order valence-corrected chi connectivity index (χ1v) is 6.41. The number of aryl methyl sites for hydroxylation is 1. The summed E-state index contributed by atoms with van der Waals surface area (Å²) in [6.45, 7) is 1.87. The molecule has 0 amide bonds. The van der Waals surface area contributed by atoms with Crippen LogP contribution in [0.25, 0.3) is 10.2 Å². The molecule has 3 heterocycles. The van der Waals surface area contributed by atoms with E-state index in [4.69, 9.17) is 0 Å². The molecular weight excluding hydrogens is 246 g/mol. The van der Waals surface area contributed by atoms with Crippen molar-refractivity contribution in [1.29, 1.82) is 0 Å². The fraction of sp³-hybridized carbons (Fsp3) is 0.154. The molecule has 18 heavy (non-hydrogen) atoms. The lowest BCUT2D eigenvalue weighted by atomic mass is 10.1. The lowest BCUT2D eigenvalue weighted by Gasteiger charge is -2.02. The number of hydrogen-bond donors (Lipinski definition) is 0. The summed E-state index contributed by atoms with van der Waals surface area (Å²) in [5, 5.41) is 1.97. The van der Waals surface area contributed by atoms with Crippen molar-refractivity contribution >= 4 is 27.3 Å². The third-order valence-corrected chi connectivity index (χ3v) is 3.87. The van der Waals surface area contributed by atoms with Crippen LogP contribution in [0.1, 0.15) is 21.9 Å². The topological polar surface area (TPSA) is 47.8 Å². The Balaban J connectivity index is 2.08. The van der Waals surface area contributed by atoms with Gasteiger partial charge in [0.25, 0.3) is 0 Å². The van der Waals surface area contributed by atoms with Crippen molar-refractivity contribution in [2.24, 2.45) is 7.05 Å². The van der Waals surface area contributed by atoms with Gasteiger partial charge in [0.15, 0.2) is 0 Å². The molecule has 0 aliphatic carbocycles. The van der Waals surface area contributed by atoms with Gasteiger partial charge in [-0.15, -0.1) is 11.3 Å². The van der Waals surface area contributed by atoms with E-state index in [-0.39, 0.29) is 5.78 Å². The van der Waals surface area contributed by atoms with Crippen LogP contribution in [0.3, 0.4) is 0 Å². The van der Waals surface area contributed by atoms with Gasteiger partial charge in [0, 0.05) is 18.8 Å². The Labute approximate surface area is 108 Å². The molecule has 0 bridgehead atoms. The van der Waals surface area contributed by atoms with Crippen LogP contribution in [-0.2, 0) is 7.05 Å². The minimum Gasteiger partial charge on any atom is -0.329 e. The highest BCUT2D eigenvalue weighted by Crippen LogP contribution is 2.21. The van der Waals surface area contributed by atoms with Crippen LogP contribution in [0.4, 0.5) is 0 Å². The molecule has 0 saturated carbocycles. The van der Waals surface area contributed by atoms with Crippen molar-refractivity contribution in [3.05, 3.63) is 47.0 Å². The van der Waals surface area contributed by atoms with E-state index in [0.717, 1.165) is 16.0 Å². The molecule has 0 saturated heterocycles. The van der Waals surface area contributed by atoms with Crippen molar-refractivity contribution in [2.45, 2.75) is 6.92 Å². The standard InChI is InChI=1S/C13H11N3OS/c1-8-14-7-11(16(8)2)13(17)9-5-12-10(15-6-9)3-4-18-12/h3-7H,1-2H3. The van der Waals surface area contributed by atoms with Gasteiger partial charge < -0.3 is 4.57 Å². The van der Waals surface area contributed by atoms with Gasteiger partial charge in [0.2, 0.25) is 5.78 Å². The molecule has 3 aromatic heterocycles.